The van der Waals surface area contributed by atoms with Gasteiger partial charge in [-0.3, -0.25) is 14.7 Å². The number of benzene rings is 2. The Morgan fingerprint density at radius 3 is 2.79 bits per heavy atom. The Morgan fingerprint density at radius 1 is 1.12 bits per heavy atom. The van der Waals surface area contributed by atoms with Crippen molar-refractivity contribution in [1.82, 2.24) is 20.2 Å². The molecule has 2 aromatic carbocycles. The lowest BCUT2D eigenvalue weighted by molar-refractivity contribution is -0.121. The third-order valence-electron chi connectivity index (χ3n) is 9.63. The van der Waals surface area contributed by atoms with Gasteiger partial charge < -0.3 is 19.9 Å². The van der Waals surface area contributed by atoms with Crippen LogP contribution in [0.5, 0.6) is 5.88 Å². The minimum atomic E-state index is -0.588. The van der Waals surface area contributed by atoms with Crippen molar-refractivity contribution < 1.29 is 18.3 Å². The van der Waals surface area contributed by atoms with Crippen LogP contribution in [0.4, 0.5) is 20.2 Å². The van der Waals surface area contributed by atoms with E-state index in [1.54, 1.807) is 25.3 Å². The first-order chi connectivity index (χ1) is 20.3. The molecule has 0 spiro atoms. The van der Waals surface area contributed by atoms with Crippen LogP contribution >= 0.6 is 0 Å². The van der Waals surface area contributed by atoms with E-state index < -0.39 is 11.9 Å². The van der Waals surface area contributed by atoms with E-state index >= 15 is 4.39 Å². The molecule has 4 aliphatic rings. The molecule has 2 saturated heterocycles. The number of rotatable bonds is 2. The van der Waals surface area contributed by atoms with Crippen LogP contribution in [0.3, 0.4) is 0 Å². The molecule has 1 amide bonds. The second kappa shape index (κ2) is 9.31. The first-order valence-electron chi connectivity index (χ1n) is 14.7. The number of carbonyl (C=O) groups is 1. The molecular formula is C32H32F2N6O2. The number of aromatic nitrogens is 2. The first-order valence-corrected chi connectivity index (χ1v) is 14.7. The highest BCUT2D eigenvalue weighted by molar-refractivity contribution is 6.14. The van der Waals surface area contributed by atoms with Gasteiger partial charge >= 0.3 is 0 Å². The monoisotopic (exact) mass is 570 g/mol. The van der Waals surface area contributed by atoms with Gasteiger partial charge in [-0.05, 0) is 62.7 Å². The van der Waals surface area contributed by atoms with Crippen molar-refractivity contribution >= 4 is 39.0 Å². The van der Waals surface area contributed by atoms with Crippen molar-refractivity contribution in [2.24, 2.45) is 0 Å². The Bertz CT molecular complexity index is 1800. The summed E-state index contributed by atoms with van der Waals surface area (Å²) in [6, 6.07) is 8.46. The number of ether oxygens (including phenoxy) is 1. The number of aryl methyl sites for hydroxylation is 1. The molecule has 216 valence electrons. The van der Waals surface area contributed by atoms with Gasteiger partial charge in [0.1, 0.15) is 34.9 Å². The number of nitrogens with one attached hydrogen (secondary N) is 1. The Morgan fingerprint density at radius 2 is 1.98 bits per heavy atom. The number of carbonyl (C=O) groups excluding carboxylic acids is 1. The lowest BCUT2D eigenvalue weighted by atomic mass is 9.95. The van der Waals surface area contributed by atoms with E-state index in [0.29, 0.717) is 47.2 Å². The van der Waals surface area contributed by atoms with Crippen molar-refractivity contribution in [3.63, 3.8) is 0 Å². The van der Waals surface area contributed by atoms with E-state index in [1.165, 1.54) is 6.07 Å². The van der Waals surface area contributed by atoms with Gasteiger partial charge in [0.2, 0.25) is 5.88 Å². The van der Waals surface area contributed by atoms with Gasteiger partial charge in [-0.15, -0.1) is 0 Å². The zero-order valence-corrected chi connectivity index (χ0v) is 23.8. The topological polar surface area (TPSA) is 73.8 Å². The molecule has 1 N–H and O–H groups in total. The van der Waals surface area contributed by atoms with Gasteiger partial charge in [-0.2, -0.15) is 0 Å². The number of pyridine rings is 2. The molecular weight excluding hydrogens is 538 g/mol. The second-order valence-electron chi connectivity index (χ2n) is 12.1. The minimum absolute atomic E-state index is 0.0107. The fraction of sp³-hybridized carbons (Fsp3) is 0.406. The van der Waals surface area contributed by atoms with Gasteiger partial charge in [0.05, 0.1) is 12.2 Å². The van der Waals surface area contributed by atoms with Crippen molar-refractivity contribution in [1.29, 1.82) is 0 Å². The summed E-state index contributed by atoms with van der Waals surface area (Å²) in [5, 5.41) is 5.41. The van der Waals surface area contributed by atoms with E-state index in [1.807, 2.05) is 17.0 Å². The SMILES string of the molecule is Cc1c(F)ccc2cccc(-c3ncc4c5c6c(nc4c3F)O[C@@H]([C@@H]3CCCN3C)CN6C(=O)[C@H]3CN[C@H](C)CN53)c12. The zero-order valence-electron chi connectivity index (χ0n) is 23.8. The van der Waals surface area contributed by atoms with Crippen LogP contribution in [0.1, 0.15) is 25.3 Å². The molecule has 4 atom stereocenters. The summed E-state index contributed by atoms with van der Waals surface area (Å²) in [6.45, 7) is 6.24. The van der Waals surface area contributed by atoms with E-state index in [-0.39, 0.29) is 47.0 Å². The Hall–Kier alpha value is -3.89. The molecule has 0 bridgehead atoms. The molecule has 8 nitrogen and oxygen atoms in total. The maximum atomic E-state index is 16.8. The lowest BCUT2D eigenvalue weighted by Gasteiger charge is -2.50. The van der Waals surface area contributed by atoms with Gasteiger partial charge in [-0.25, -0.2) is 13.8 Å². The van der Waals surface area contributed by atoms with Crippen LogP contribution in [0.15, 0.2) is 36.5 Å². The van der Waals surface area contributed by atoms with Gasteiger partial charge in [0.15, 0.2) is 5.82 Å². The smallest absolute Gasteiger partial charge is 0.251 e. The number of hydrogen-bond acceptors (Lipinski definition) is 7. The van der Waals surface area contributed by atoms with E-state index in [4.69, 9.17) is 9.72 Å². The molecule has 0 saturated carbocycles. The van der Waals surface area contributed by atoms with Crippen LogP contribution in [0.25, 0.3) is 32.9 Å². The number of piperazine rings is 1. The largest absolute Gasteiger partial charge is 0.469 e. The number of hydrogen-bond donors (Lipinski definition) is 1. The van der Waals surface area contributed by atoms with Crippen LogP contribution in [0.2, 0.25) is 0 Å². The van der Waals surface area contributed by atoms with Crippen LogP contribution in [-0.4, -0.2) is 78.2 Å². The number of amides is 1. The van der Waals surface area contributed by atoms with Gasteiger partial charge in [0.25, 0.3) is 5.91 Å². The van der Waals surface area contributed by atoms with Crippen LogP contribution in [-0.2, 0) is 4.79 Å². The Balaban J connectivity index is 1.37. The van der Waals surface area contributed by atoms with Gasteiger partial charge in [-0.1, -0.05) is 24.3 Å². The maximum Gasteiger partial charge on any atom is 0.251 e. The van der Waals surface area contributed by atoms with Crippen molar-refractivity contribution in [3.05, 3.63) is 53.7 Å². The van der Waals surface area contributed by atoms with Crippen LogP contribution in [0, 0.1) is 18.6 Å². The number of nitrogens with zero attached hydrogens (tertiary/aromatic N) is 5. The molecule has 8 rings (SSSR count). The fourth-order valence-corrected chi connectivity index (χ4v) is 7.49. The molecule has 2 fully saturated rings. The number of likely N-dealkylation sites (tertiary alicyclic amines) is 1. The summed E-state index contributed by atoms with van der Waals surface area (Å²) in [5.41, 5.74) is 2.54. The predicted molar refractivity (Wildman–Crippen MR) is 158 cm³/mol. The molecule has 6 heterocycles. The molecule has 0 unspecified atom stereocenters. The summed E-state index contributed by atoms with van der Waals surface area (Å²) in [5.74, 6) is -0.651. The van der Waals surface area contributed by atoms with Crippen LogP contribution < -0.4 is 19.9 Å². The van der Waals surface area contributed by atoms with Gasteiger partial charge in [0, 0.05) is 42.3 Å². The van der Waals surface area contributed by atoms with Crippen molar-refractivity contribution in [3.8, 4) is 17.1 Å². The number of halogens is 2. The highest BCUT2D eigenvalue weighted by Gasteiger charge is 2.48. The molecule has 0 aliphatic carbocycles. The predicted octanol–water partition coefficient (Wildman–Crippen LogP) is 4.41. The van der Waals surface area contributed by atoms with E-state index in [2.05, 4.69) is 34.1 Å². The number of anilines is 2. The summed E-state index contributed by atoms with van der Waals surface area (Å²) >= 11 is 0. The standard InChI is InChI=1S/C32H32F2N6O2/c1-16-14-39-23(13-35-16)32(41)40-15-24(22-8-5-11-38(22)3)42-31-30(40)29(39)20-12-36-27(26(34)28(20)37-31)19-7-4-6-18-9-10-21(33)17(2)25(18)19/h4,6-7,9-10,12,16,22-24,35H,5,8,11,13-15H2,1-3H3/t16-,22+,23-,24-/m1/s1. The van der Waals surface area contributed by atoms with Crippen molar-refractivity contribution in [2.75, 3.05) is 43.0 Å². The second-order valence-corrected chi connectivity index (χ2v) is 12.1. The molecule has 42 heavy (non-hydrogen) atoms. The van der Waals surface area contributed by atoms with E-state index in [0.717, 1.165) is 30.5 Å². The third-order valence-corrected chi connectivity index (χ3v) is 9.63. The average Bonchev–Trinajstić information content (AvgIpc) is 3.42. The highest BCUT2D eigenvalue weighted by Crippen LogP contribution is 2.50. The average molecular weight is 571 g/mol. The highest BCUT2D eigenvalue weighted by atomic mass is 19.1. The van der Waals surface area contributed by atoms with E-state index in [9.17, 15) is 9.18 Å². The number of likely N-dealkylation sites (N-methyl/N-ethyl adjacent to an activating group) is 1. The first kappa shape index (κ1) is 25.8. The number of fused-ring (bicyclic) bond motifs is 5. The molecule has 4 aromatic rings. The summed E-state index contributed by atoms with van der Waals surface area (Å²) in [6.07, 6.45) is 3.40. The maximum absolute atomic E-state index is 16.8. The fourth-order valence-electron chi connectivity index (χ4n) is 7.49. The van der Waals surface area contributed by atoms with Crippen molar-refractivity contribution in [2.45, 2.75) is 50.9 Å². The minimum Gasteiger partial charge on any atom is -0.469 e. The zero-order chi connectivity index (χ0) is 28.9. The molecule has 2 aromatic heterocycles. The quantitative estimate of drug-likeness (QED) is 0.383. The third kappa shape index (κ3) is 3.61. The summed E-state index contributed by atoms with van der Waals surface area (Å²) in [7, 11) is 2.08. The summed E-state index contributed by atoms with van der Waals surface area (Å²) in [4.78, 5) is 29.5. The molecule has 10 heteroatoms. The Kier molecular flexibility index (Phi) is 5.71. The molecule has 0 radical (unpaired) electrons. The Labute approximate surface area is 242 Å². The lowest BCUT2D eigenvalue weighted by Crippen LogP contribution is -2.66. The molecule has 4 aliphatic heterocycles. The normalized spacial score (nSPS) is 25.6. The summed E-state index contributed by atoms with van der Waals surface area (Å²) < 4.78 is 38.0.